The van der Waals surface area contributed by atoms with Gasteiger partial charge in [-0.25, -0.2) is 0 Å². The van der Waals surface area contributed by atoms with Gasteiger partial charge in [0, 0.05) is 6.42 Å². The van der Waals surface area contributed by atoms with Gasteiger partial charge in [0.1, 0.15) is 17.3 Å². The summed E-state index contributed by atoms with van der Waals surface area (Å²) in [5.74, 6) is 2.92. The van der Waals surface area contributed by atoms with E-state index in [2.05, 4.69) is 48.8 Å². The zero-order valence-corrected chi connectivity index (χ0v) is 13.4. The molecule has 0 radical (unpaired) electrons. The van der Waals surface area contributed by atoms with E-state index in [4.69, 9.17) is 9.15 Å². The predicted octanol–water partition coefficient (Wildman–Crippen LogP) is 4.95. The standard InChI is InChI=1S/C16H19BrO2/c1-5-13-6-7-14(19-13)15(17)12-8-10(2)16(18-4)11(3)9-12/h6-9,15H,5H2,1-4H3. The molecule has 2 nitrogen and oxygen atoms in total. The minimum absolute atomic E-state index is 0.0797. The predicted molar refractivity (Wildman–Crippen MR) is 81.3 cm³/mol. The molecule has 0 amide bonds. The van der Waals surface area contributed by atoms with Crippen molar-refractivity contribution in [2.75, 3.05) is 7.11 Å². The fourth-order valence-corrected chi connectivity index (χ4v) is 2.85. The van der Waals surface area contributed by atoms with Crippen LogP contribution in [0.4, 0.5) is 0 Å². The molecular formula is C16H19BrO2. The summed E-state index contributed by atoms with van der Waals surface area (Å²) in [5, 5.41) is 0. The van der Waals surface area contributed by atoms with Gasteiger partial charge in [0.25, 0.3) is 0 Å². The summed E-state index contributed by atoms with van der Waals surface area (Å²) >= 11 is 3.72. The van der Waals surface area contributed by atoms with Crippen LogP contribution in [0.2, 0.25) is 0 Å². The summed E-state index contributed by atoms with van der Waals surface area (Å²) in [5.41, 5.74) is 3.47. The molecule has 1 heterocycles. The molecule has 0 bridgehead atoms. The largest absolute Gasteiger partial charge is 0.496 e. The number of methoxy groups -OCH3 is 1. The van der Waals surface area contributed by atoms with Gasteiger partial charge in [-0.1, -0.05) is 35.0 Å². The Hall–Kier alpha value is -1.22. The minimum atomic E-state index is 0.0797. The summed E-state index contributed by atoms with van der Waals surface area (Å²) in [4.78, 5) is 0.0797. The molecule has 0 aliphatic carbocycles. The number of alkyl halides is 1. The Morgan fingerprint density at radius 3 is 2.32 bits per heavy atom. The van der Waals surface area contributed by atoms with E-state index >= 15 is 0 Å². The van der Waals surface area contributed by atoms with E-state index in [9.17, 15) is 0 Å². The summed E-state index contributed by atoms with van der Waals surface area (Å²) in [6.07, 6.45) is 0.917. The molecule has 1 aromatic carbocycles. The number of benzene rings is 1. The lowest BCUT2D eigenvalue weighted by molar-refractivity contribution is 0.408. The molecule has 0 spiro atoms. The van der Waals surface area contributed by atoms with Crippen LogP contribution in [0, 0.1) is 13.8 Å². The topological polar surface area (TPSA) is 22.4 Å². The molecule has 0 aliphatic rings. The first-order valence-corrected chi connectivity index (χ1v) is 7.36. The second-order valence-corrected chi connectivity index (χ2v) is 5.62. The highest BCUT2D eigenvalue weighted by Gasteiger charge is 2.17. The molecule has 3 heteroatoms. The fraction of sp³-hybridized carbons (Fsp3) is 0.375. The van der Waals surface area contributed by atoms with E-state index < -0.39 is 0 Å². The van der Waals surface area contributed by atoms with Crippen molar-refractivity contribution in [3.8, 4) is 5.75 Å². The van der Waals surface area contributed by atoms with Crippen molar-refractivity contribution in [3.63, 3.8) is 0 Å². The molecular weight excluding hydrogens is 304 g/mol. The molecule has 1 unspecified atom stereocenters. The summed E-state index contributed by atoms with van der Waals surface area (Å²) in [6, 6.07) is 8.35. The third kappa shape index (κ3) is 2.86. The molecule has 19 heavy (non-hydrogen) atoms. The Bertz CT molecular complexity index is 549. The van der Waals surface area contributed by atoms with E-state index in [1.165, 1.54) is 5.56 Å². The minimum Gasteiger partial charge on any atom is -0.496 e. The maximum atomic E-state index is 5.81. The number of halogens is 1. The van der Waals surface area contributed by atoms with Crippen LogP contribution in [0.5, 0.6) is 5.75 Å². The second kappa shape index (κ2) is 5.83. The van der Waals surface area contributed by atoms with Crippen molar-refractivity contribution < 1.29 is 9.15 Å². The van der Waals surface area contributed by atoms with Crippen LogP contribution in [0.3, 0.4) is 0 Å². The maximum Gasteiger partial charge on any atom is 0.124 e. The maximum absolute atomic E-state index is 5.81. The highest BCUT2D eigenvalue weighted by molar-refractivity contribution is 9.09. The van der Waals surface area contributed by atoms with Crippen LogP contribution in [0.25, 0.3) is 0 Å². The molecule has 1 aromatic heterocycles. The molecule has 0 fully saturated rings. The molecule has 102 valence electrons. The van der Waals surface area contributed by atoms with Crippen molar-refractivity contribution in [2.45, 2.75) is 32.0 Å². The normalized spacial score (nSPS) is 12.5. The highest BCUT2D eigenvalue weighted by atomic mass is 79.9. The van der Waals surface area contributed by atoms with Crippen LogP contribution in [-0.2, 0) is 6.42 Å². The van der Waals surface area contributed by atoms with E-state index in [0.29, 0.717) is 0 Å². The molecule has 1 atom stereocenters. The molecule has 0 saturated carbocycles. The van der Waals surface area contributed by atoms with Gasteiger partial charge in [-0.3, -0.25) is 0 Å². The number of hydrogen-bond acceptors (Lipinski definition) is 2. The van der Waals surface area contributed by atoms with E-state index in [-0.39, 0.29) is 4.83 Å². The Balaban J connectivity index is 2.36. The Labute approximate surface area is 122 Å². The quantitative estimate of drug-likeness (QED) is 0.743. The van der Waals surface area contributed by atoms with Gasteiger partial charge >= 0.3 is 0 Å². The van der Waals surface area contributed by atoms with Crippen molar-refractivity contribution in [3.05, 3.63) is 52.5 Å². The van der Waals surface area contributed by atoms with Gasteiger partial charge in [0.2, 0.25) is 0 Å². The first-order chi connectivity index (χ1) is 9.06. The van der Waals surface area contributed by atoms with E-state index in [0.717, 1.165) is 34.8 Å². The van der Waals surface area contributed by atoms with Gasteiger partial charge in [-0.15, -0.1) is 0 Å². The van der Waals surface area contributed by atoms with Crippen molar-refractivity contribution in [1.29, 1.82) is 0 Å². The smallest absolute Gasteiger partial charge is 0.124 e. The van der Waals surface area contributed by atoms with E-state index in [1.807, 2.05) is 12.1 Å². The van der Waals surface area contributed by atoms with E-state index in [1.54, 1.807) is 7.11 Å². The fourth-order valence-electron chi connectivity index (χ4n) is 2.34. The lowest BCUT2D eigenvalue weighted by Crippen LogP contribution is -1.97. The third-order valence-electron chi connectivity index (χ3n) is 3.26. The zero-order chi connectivity index (χ0) is 14.0. The molecule has 2 aromatic rings. The van der Waals surface area contributed by atoms with Crippen molar-refractivity contribution in [1.82, 2.24) is 0 Å². The Morgan fingerprint density at radius 1 is 1.21 bits per heavy atom. The van der Waals surface area contributed by atoms with Gasteiger partial charge in [-0.05, 0) is 42.7 Å². The number of aryl methyl sites for hydroxylation is 3. The number of hydrogen-bond donors (Lipinski definition) is 0. The summed E-state index contributed by atoms with van der Waals surface area (Å²) < 4.78 is 11.2. The lowest BCUT2D eigenvalue weighted by atomic mass is 10.0. The number of furan rings is 1. The van der Waals surface area contributed by atoms with Gasteiger partial charge in [0.05, 0.1) is 11.9 Å². The van der Waals surface area contributed by atoms with Crippen molar-refractivity contribution in [2.24, 2.45) is 0 Å². The molecule has 0 saturated heterocycles. The Kier molecular flexibility index (Phi) is 4.35. The second-order valence-electron chi connectivity index (χ2n) is 4.71. The van der Waals surface area contributed by atoms with Crippen LogP contribution in [0.1, 0.15) is 40.0 Å². The van der Waals surface area contributed by atoms with Gasteiger partial charge < -0.3 is 9.15 Å². The van der Waals surface area contributed by atoms with Gasteiger partial charge in [0.15, 0.2) is 0 Å². The van der Waals surface area contributed by atoms with Crippen LogP contribution < -0.4 is 4.74 Å². The average molecular weight is 323 g/mol. The summed E-state index contributed by atoms with van der Waals surface area (Å²) in [6.45, 7) is 6.22. The molecule has 0 N–H and O–H groups in total. The Morgan fingerprint density at radius 2 is 1.84 bits per heavy atom. The first kappa shape index (κ1) is 14.2. The average Bonchev–Trinajstić information content (AvgIpc) is 2.86. The zero-order valence-electron chi connectivity index (χ0n) is 11.8. The number of ether oxygens (including phenoxy) is 1. The summed E-state index contributed by atoms with van der Waals surface area (Å²) in [7, 11) is 1.71. The third-order valence-corrected chi connectivity index (χ3v) is 4.24. The lowest BCUT2D eigenvalue weighted by Gasteiger charge is -2.14. The highest BCUT2D eigenvalue weighted by Crippen LogP contribution is 2.35. The SMILES string of the molecule is CCc1ccc(C(Br)c2cc(C)c(OC)c(C)c2)o1. The van der Waals surface area contributed by atoms with Gasteiger partial charge in [-0.2, -0.15) is 0 Å². The number of rotatable bonds is 4. The molecule has 0 aliphatic heterocycles. The van der Waals surface area contributed by atoms with Crippen LogP contribution >= 0.6 is 15.9 Å². The monoisotopic (exact) mass is 322 g/mol. The molecule has 2 rings (SSSR count). The van der Waals surface area contributed by atoms with Crippen LogP contribution in [0.15, 0.2) is 28.7 Å². The van der Waals surface area contributed by atoms with Crippen molar-refractivity contribution >= 4 is 15.9 Å². The van der Waals surface area contributed by atoms with Crippen LogP contribution in [-0.4, -0.2) is 7.11 Å². The first-order valence-electron chi connectivity index (χ1n) is 6.44.